The van der Waals surface area contributed by atoms with Crippen LogP contribution in [-0.2, 0) is 27.7 Å². The Labute approximate surface area is 324 Å². The van der Waals surface area contributed by atoms with Gasteiger partial charge in [-0.2, -0.15) is 4.89 Å². The lowest BCUT2D eigenvalue weighted by molar-refractivity contribution is -0.217. The lowest BCUT2D eigenvalue weighted by Crippen LogP contribution is -2.27. The normalized spacial score (nSPS) is 17.7. The quantitative estimate of drug-likeness (QED) is 0.0464. The average Bonchev–Trinajstić information content (AvgIpc) is 3.56. The van der Waals surface area contributed by atoms with Crippen LogP contribution in [0.4, 0.5) is 0 Å². The third-order valence-electron chi connectivity index (χ3n) is 11.2. The molecule has 1 spiro atoms. The fraction of sp³-hybridized carbons (Fsp3) is 0.196. The van der Waals surface area contributed by atoms with Crippen molar-refractivity contribution >= 4 is 30.3 Å². The first-order valence-corrected chi connectivity index (χ1v) is 19.1. The van der Waals surface area contributed by atoms with E-state index in [4.69, 9.17) is 14.5 Å². The second-order valence-electron chi connectivity index (χ2n) is 16.2. The first kappa shape index (κ1) is 36.0. The minimum absolute atomic E-state index is 0.0630. The molecule has 55 heavy (non-hydrogen) atoms. The second-order valence-corrected chi connectivity index (χ2v) is 16.2. The van der Waals surface area contributed by atoms with Gasteiger partial charge in [0, 0.05) is 5.41 Å². The van der Waals surface area contributed by atoms with E-state index < -0.39 is 0 Å². The van der Waals surface area contributed by atoms with Crippen LogP contribution in [0, 0.1) is 0 Å². The largest absolute Gasteiger partial charge is 0.423 e. The molecule has 2 aliphatic carbocycles. The molecule has 0 radical (unpaired) electrons. The van der Waals surface area contributed by atoms with Crippen molar-refractivity contribution in [2.24, 2.45) is 0 Å². The summed E-state index contributed by atoms with van der Waals surface area (Å²) in [6.07, 6.45) is 10.2. The Bertz CT molecular complexity index is 2370. The molecule has 1 unspecified atom stereocenters. The van der Waals surface area contributed by atoms with E-state index in [1.807, 2.05) is 78.9 Å². The zero-order chi connectivity index (χ0) is 38.0. The predicted molar refractivity (Wildman–Crippen MR) is 223 cm³/mol. The van der Waals surface area contributed by atoms with Gasteiger partial charge in [-0.1, -0.05) is 161 Å². The number of carbonyl (C=O) groups is 1. The Morgan fingerprint density at radius 2 is 0.982 bits per heavy atom. The van der Waals surface area contributed by atoms with Crippen LogP contribution in [0.5, 0.6) is 11.5 Å². The highest BCUT2D eigenvalue weighted by atomic mass is 17.2. The maximum atomic E-state index is 13.4. The van der Waals surface area contributed by atoms with Gasteiger partial charge in [0.1, 0.15) is 12.4 Å². The molecule has 2 aliphatic rings. The monoisotopic (exact) mass is 722 g/mol. The van der Waals surface area contributed by atoms with Crippen molar-refractivity contribution in [3.05, 3.63) is 201 Å². The van der Waals surface area contributed by atoms with Gasteiger partial charge in [-0.15, -0.1) is 0 Å². The topological polar surface area (TPSA) is 44.8 Å². The van der Waals surface area contributed by atoms with Gasteiger partial charge in [0.2, 0.25) is 0 Å². The number of esters is 1. The molecule has 0 saturated heterocycles. The number of ether oxygens (including phenoxy) is 1. The molecule has 6 aromatic rings. The van der Waals surface area contributed by atoms with Crippen LogP contribution in [-0.4, -0.2) is 5.97 Å². The maximum Gasteiger partial charge on any atom is 0.343 e. The lowest BCUT2D eigenvalue weighted by atomic mass is 9.72. The summed E-state index contributed by atoms with van der Waals surface area (Å²) in [5, 5.41) is 0. The van der Waals surface area contributed by atoms with Crippen LogP contribution in [0.1, 0.15) is 101 Å². The first-order chi connectivity index (χ1) is 26.6. The highest BCUT2D eigenvalue weighted by Gasteiger charge is 2.56. The van der Waals surface area contributed by atoms with E-state index in [2.05, 4.69) is 119 Å². The summed E-state index contributed by atoms with van der Waals surface area (Å²) in [5.74, 6) is 0.856. The molecule has 0 amide bonds. The van der Waals surface area contributed by atoms with Crippen molar-refractivity contribution in [1.82, 2.24) is 0 Å². The highest BCUT2D eigenvalue weighted by molar-refractivity contribution is 5.91. The fourth-order valence-corrected chi connectivity index (χ4v) is 8.72. The summed E-state index contributed by atoms with van der Waals surface area (Å²) < 4.78 is 6.06. The van der Waals surface area contributed by atoms with Crippen LogP contribution in [0.3, 0.4) is 0 Å². The van der Waals surface area contributed by atoms with Gasteiger partial charge >= 0.3 is 5.97 Å². The van der Waals surface area contributed by atoms with E-state index in [1.165, 1.54) is 27.8 Å². The van der Waals surface area contributed by atoms with Gasteiger partial charge in [0.05, 0.1) is 5.56 Å². The minimum Gasteiger partial charge on any atom is -0.423 e. The van der Waals surface area contributed by atoms with Gasteiger partial charge in [0.25, 0.3) is 0 Å². The van der Waals surface area contributed by atoms with Crippen molar-refractivity contribution in [3.63, 3.8) is 0 Å². The number of hydrogen-bond acceptors (Lipinski definition) is 4. The minimum atomic E-state index is -0.372. The van der Waals surface area contributed by atoms with Crippen LogP contribution in [0.25, 0.3) is 24.3 Å². The summed E-state index contributed by atoms with van der Waals surface area (Å²) in [4.78, 5) is 25.2. The van der Waals surface area contributed by atoms with E-state index in [0.717, 1.165) is 35.1 Å². The van der Waals surface area contributed by atoms with Crippen LogP contribution in [0.2, 0.25) is 0 Å². The highest BCUT2D eigenvalue weighted by Crippen LogP contribution is 2.63. The third-order valence-corrected chi connectivity index (χ3v) is 11.2. The molecule has 8 rings (SSSR count). The van der Waals surface area contributed by atoms with Crippen molar-refractivity contribution in [3.8, 4) is 11.5 Å². The lowest BCUT2D eigenvalue weighted by Gasteiger charge is -2.30. The molecule has 0 aliphatic heterocycles. The summed E-state index contributed by atoms with van der Waals surface area (Å²) in [6, 6.07) is 48.9. The Balaban J connectivity index is 0.985. The number of hydrogen-bond donors (Lipinski definition) is 0. The number of benzene rings is 6. The molecule has 0 heterocycles. The molecule has 1 atom stereocenters. The predicted octanol–water partition coefficient (Wildman–Crippen LogP) is 12.4. The van der Waals surface area contributed by atoms with Gasteiger partial charge in [-0.3, -0.25) is 0 Å². The number of carbonyl (C=O) groups excluding carboxylic acids is 1. The molecule has 0 saturated carbocycles. The average molecular weight is 723 g/mol. The zero-order valence-electron chi connectivity index (χ0n) is 31.9. The van der Waals surface area contributed by atoms with Crippen LogP contribution < -0.4 is 9.62 Å². The molecular formula is C51H46O4. The molecule has 274 valence electrons. The van der Waals surface area contributed by atoms with E-state index >= 15 is 0 Å². The molecule has 4 heteroatoms. The Hall–Kier alpha value is -5.97. The Kier molecular flexibility index (Phi) is 9.63. The Morgan fingerprint density at radius 1 is 0.527 bits per heavy atom. The first-order valence-electron chi connectivity index (χ1n) is 19.1. The van der Waals surface area contributed by atoms with E-state index in [-0.39, 0.29) is 22.2 Å². The summed E-state index contributed by atoms with van der Waals surface area (Å²) in [5.41, 5.74) is 10.6. The molecule has 0 aromatic heterocycles. The van der Waals surface area contributed by atoms with E-state index in [1.54, 1.807) is 0 Å². The smallest absolute Gasteiger partial charge is 0.343 e. The molecular weight excluding hydrogens is 677 g/mol. The SMILES string of the molecule is CC1(C)CC2(CC(C)(C)c3ccc(OC(=O)c4ccc(/C=C/c5ccccc5)cc4)cc32)c2cc(OOCc3ccc(/C=C/c4ccccc4)cc3)ccc21. The molecule has 0 fully saturated rings. The van der Waals surface area contributed by atoms with Crippen LogP contribution >= 0.6 is 0 Å². The second kappa shape index (κ2) is 14.7. The standard InChI is InChI=1S/C51H46O4/c1-49(2)34-51(46-31-42(27-29-44(46)49)54-48(52)41-25-23-39(24-26-41)18-16-37-13-9-6-10-14-37)35-50(3,4)45-30-28-43(32-47(45)51)55-53-33-40-21-19-38(20-22-40)17-15-36-11-7-5-8-12-36/h5-32H,33-35H2,1-4H3/b17-15+,18-16+. The van der Waals surface area contributed by atoms with Crippen molar-refractivity contribution in [2.45, 2.75) is 63.4 Å². The van der Waals surface area contributed by atoms with Crippen molar-refractivity contribution < 1.29 is 19.3 Å². The Morgan fingerprint density at radius 3 is 1.51 bits per heavy atom. The summed E-state index contributed by atoms with van der Waals surface area (Å²) in [7, 11) is 0. The number of rotatable bonds is 10. The van der Waals surface area contributed by atoms with Crippen LogP contribution in [0.15, 0.2) is 146 Å². The van der Waals surface area contributed by atoms with Gasteiger partial charge in [-0.05, 0) is 110 Å². The molecule has 6 aromatic carbocycles. The number of fused-ring (bicyclic) bond motifs is 4. The van der Waals surface area contributed by atoms with Crippen molar-refractivity contribution in [2.75, 3.05) is 0 Å². The third kappa shape index (κ3) is 7.56. The zero-order valence-corrected chi connectivity index (χ0v) is 31.9. The van der Waals surface area contributed by atoms with Gasteiger partial charge in [-0.25, -0.2) is 4.79 Å². The molecule has 0 bridgehead atoms. The van der Waals surface area contributed by atoms with Crippen molar-refractivity contribution in [1.29, 1.82) is 0 Å². The maximum absolute atomic E-state index is 13.4. The van der Waals surface area contributed by atoms with Gasteiger partial charge in [0.15, 0.2) is 5.75 Å². The molecule has 0 N–H and O–H groups in total. The van der Waals surface area contributed by atoms with E-state index in [0.29, 0.717) is 23.7 Å². The van der Waals surface area contributed by atoms with E-state index in [9.17, 15) is 4.79 Å². The fourth-order valence-electron chi connectivity index (χ4n) is 8.72. The molecule has 4 nitrogen and oxygen atoms in total. The summed E-state index contributed by atoms with van der Waals surface area (Å²) >= 11 is 0. The van der Waals surface area contributed by atoms with Gasteiger partial charge < -0.3 is 9.62 Å². The summed E-state index contributed by atoms with van der Waals surface area (Å²) in [6.45, 7) is 9.61.